The third kappa shape index (κ3) is 4.68. The van der Waals surface area contributed by atoms with E-state index in [4.69, 9.17) is 0 Å². The summed E-state index contributed by atoms with van der Waals surface area (Å²) in [7, 11) is 0. The molecule has 0 saturated carbocycles. The number of benzene rings is 1. The quantitative estimate of drug-likeness (QED) is 0.822. The first kappa shape index (κ1) is 15.7. The van der Waals surface area contributed by atoms with Crippen LogP contribution in [0.15, 0.2) is 46.3 Å². The van der Waals surface area contributed by atoms with Crippen LogP contribution in [0.25, 0.3) is 0 Å². The Morgan fingerprint density at radius 3 is 2.48 bits per heavy atom. The van der Waals surface area contributed by atoms with Crippen LogP contribution < -0.4 is 5.32 Å². The lowest BCUT2D eigenvalue weighted by atomic mass is 10.1. The van der Waals surface area contributed by atoms with E-state index in [2.05, 4.69) is 21.2 Å². The second-order valence-electron chi connectivity index (χ2n) is 4.49. The number of aliphatic carboxylic acids is 1. The van der Waals surface area contributed by atoms with Gasteiger partial charge in [-0.15, -0.1) is 11.3 Å². The molecule has 0 aliphatic carbocycles. The van der Waals surface area contributed by atoms with Crippen molar-refractivity contribution in [3.63, 3.8) is 0 Å². The molecule has 0 aliphatic rings. The minimum atomic E-state index is -1.02. The van der Waals surface area contributed by atoms with Crippen molar-refractivity contribution in [3.05, 3.63) is 56.7 Å². The van der Waals surface area contributed by atoms with Crippen LogP contribution in [0.2, 0.25) is 0 Å². The first-order chi connectivity index (χ1) is 10.1. The number of hydrogen-bond donors (Lipinski definition) is 2. The van der Waals surface area contributed by atoms with Crippen molar-refractivity contribution in [2.75, 3.05) is 0 Å². The molecule has 1 heterocycles. The largest absolute Gasteiger partial charge is 0.480 e. The maximum Gasteiger partial charge on any atom is 0.326 e. The number of thiophene rings is 1. The molecule has 1 atom stereocenters. The highest BCUT2D eigenvalue weighted by Crippen LogP contribution is 2.22. The molecule has 6 heteroatoms. The first-order valence-corrected chi connectivity index (χ1v) is 8.00. The van der Waals surface area contributed by atoms with Gasteiger partial charge in [-0.2, -0.15) is 0 Å². The van der Waals surface area contributed by atoms with Crippen molar-refractivity contribution in [2.45, 2.75) is 18.9 Å². The molecule has 0 unspecified atom stereocenters. The van der Waals surface area contributed by atoms with Crippen molar-refractivity contribution in [1.29, 1.82) is 0 Å². The lowest BCUT2D eigenvalue weighted by Gasteiger charge is -2.13. The SMILES string of the molecule is O=C(N[C@@H](CCc1ccccc1)C(=O)O)c1ccc(Br)s1. The van der Waals surface area contributed by atoms with Crippen LogP contribution in [0, 0.1) is 0 Å². The number of halogens is 1. The van der Waals surface area contributed by atoms with Crippen LogP contribution >= 0.6 is 27.3 Å². The Bertz CT molecular complexity index is 627. The maximum atomic E-state index is 12.0. The molecule has 1 amide bonds. The molecule has 0 bridgehead atoms. The van der Waals surface area contributed by atoms with E-state index in [1.165, 1.54) is 11.3 Å². The van der Waals surface area contributed by atoms with Crippen molar-refractivity contribution >= 4 is 39.1 Å². The fourth-order valence-electron chi connectivity index (χ4n) is 1.88. The third-order valence-electron chi connectivity index (χ3n) is 2.96. The number of carboxylic acids is 1. The summed E-state index contributed by atoms with van der Waals surface area (Å²) in [6.45, 7) is 0. The van der Waals surface area contributed by atoms with E-state index < -0.39 is 12.0 Å². The van der Waals surface area contributed by atoms with Gasteiger partial charge in [0.05, 0.1) is 8.66 Å². The van der Waals surface area contributed by atoms with Gasteiger partial charge in [0.15, 0.2) is 0 Å². The molecule has 0 fully saturated rings. The average molecular weight is 368 g/mol. The zero-order chi connectivity index (χ0) is 15.2. The Morgan fingerprint density at radius 2 is 1.90 bits per heavy atom. The van der Waals surface area contributed by atoms with Gasteiger partial charge >= 0.3 is 5.97 Å². The van der Waals surface area contributed by atoms with Crippen molar-refractivity contribution in [1.82, 2.24) is 5.32 Å². The van der Waals surface area contributed by atoms with Crippen LogP contribution in [0.4, 0.5) is 0 Å². The Hall–Kier alpha value is -1.66. The standard InChI is InChI=1S/C15H14BrNO3S/c16-13-9-8-12(21-13)14(18)17-11(15(19)20)7-6-10-4-2-1-3-5-10/h1-5,8-9,11H,6-7H2,(H,17,18)(H,19,20)/t11-/m0/s1. The van der Waals surface area contributed by atoms with Gasteiger partial charge in [0.1, 0.15) is 6.04 Å². The molecule has 110 valence electrons. The number of carboxylic acid groups (broad SMARTS) is 1. The Labute approximate surface area is 134 Å². The minimum absolute atomic E-state index is 0.355. The number of hydrogen-bond acceptors (Lipinski definition) is 3. The van der Waals surface area contributed by atoms with E-state index in [-0.39, 0.29) is 5.91 Å². The highest BCUT2D eigenvalue weighted by molar-refractivity contribution is 9.11. The predicted molar refractivity (Wildman–Crippen MR) is 85.7 cm³/mol. The zero-order valence-corrected chi connectivity index (χ0v) is 13.5. The summed E-state index contributed by atoms with van der Waals surface area (Å²) in [5.41, 5.74) is 1.05. The lowest BCUT2D eigenvalue weighted by molar-refractivity contribution is -0.139. The monoisotopic (exact) mass is 367 g/mol. The number of amides is 1. The van der Waals surface area contributed by atoms with Crippen LogP contribution in [0.3, 0.4) is 0 Å². The molecule has 4 nitrogen and oxygen atoms in total. The summed E-state index contributed by atoms with van der Waals surface area (Å²) in [4.78, 5) is 23.8. The second-order valence-corrected chi connectivity index (χ2v) is 6.96. The van der Waals surface area contributed by atoms with E-state index in [9.17, 15) is 14.7 Å². The second kappa shape index (κ2) is 7.38. The first-order valence-electron chi connectivity index (χ1n) is 6.39. The molecule has 1 aromatic heterocycles. The molecule has 0 radical (unpaired) electrons. The molecular formula is C15H14BrNO3S. The lowest BCUT2D eigenvalue weighted by Crippen LogP contribution is -2.40. The third-order valence-corrected chi connectivity index (χ3v) is 4.59. The van der Waals surface area contributed by atoms with E-state index in [1.54, 1.807) is 12.1 Å². The van der Waals surface area contributed by atoms with Gasteiger partial charge in [-0.1, -0.05) is 30.3 Å². The van der Waals surface area contributed by atoms with Gasteiger partial charge in [0.2, 0.25) is 0 Å². The van der Waals surface area contributed by atoms with Crippen LogP contribution in [0.5, 0.6) is 0 Å². The summed E-state index contributed by atoms with van der Waals surface area (Å²) >= 11 is 4.55. The number of rotatable bonds is 6. The summed E-state index contributed by atoms with van der Waals surface area (Å²) in [5.74, 6) is -1.37. The molecule has 0 aliphatic heterocycles. The molecule has 2 aromatic rings. The van der Waals surface area contributed by atoms with Crippen molar-refractivity contribution in [2.24, 2.45) is 0 Å². The van der Waals surface area contributed by atoms with Crippen LogP contribution in [-0.2, 0) is 11.2 Å². The van der Waals surface area contributed by atoms with Crippen LogP contribution in [0.1, 0.15) is 21.7 Å². The van der Waals surface area contributed by atoms with Gasteiger partial charge in [-0.25, -0.2) is 4.79 Å². The van der Waals surface area contributed by atoms with Crippen molar-refractivity contribution in [3.8, 4) is 0 Å². The Balaban J connectivity index is 1.96. The molecule has 21 heavy (non-hydrogen) atoms. The zero-order valence-electron chi connectivity index (χ0n) is 11.1. The number of aryl methyl sites for hydroxylation is 1. The normalized spacial score (nSPS) is 11.9. The number of nitrogens with one attached hydrogen (secondary N) is 1. The van der Waals surface area contributed by atoms with E-state index in [0.29, 0.717) is 17.7 Å². The fraction of sp³-hybridized carbons (Fsp3) is 0.200. The number of carbonyl (C=O) groups is 2. The molecule has 0 spiro atoms. The van der Waals surface area contributed by atoms with Gasteiger partial charge in [-0.3, -0.25) is 4.79 Å². The molecular weight excluding hydrogens is 354 g/mol. The molecule has 2 rings (SSSR count). The predicted octanol–water partition coefficient (Wildman–Crippen LogP) is 3.33. The fourth-order valence-corrected chi connectivity index (χ4v) is 3.17. The molecule has 0 saturated heterocycles. The van der Waals surface area contributed by atoms with Crippen LogP contribution in [-0.4, -0.2) is 23.0 Å². The smallest absolute Gasteiger partial charge is 0.326 e. The maximum absolute atomic E-state index is 12.0. The van der Waals surface area contributed by atoms with Gasteiger partial charge in [0.25, 0.3) is 5.91 Å². The molecule has 2 N–H and O–H groups in total. The summed E-state index contributed by atoms with van der Waals surface area (Å²) < 4.78 is 0.837. The highest BCUT2D eigenvalue weighted by Gasteiger charge is 2.21. The summed E-state index contributed by atoms with van der Waals surface area (Å²) in [5, 5.41) is 11.8. The molecule has 1 aromatic carbocycles. The van der Waals surface area contributed by atoms with Gasteiger partial charge in [0, 0.05) is 0 Å². The average Bonchev–Trinajstić information content (AvgIpc) is 2.90. The Kier molecular flexibility index (Phi) is 5.52. The van der Waals surface area contributed by atoms with E-state index >= 15 is 0 Å². The van der Waals surface area contributed by atoms with Crippen molar-refractivity contribution < 1.29 is 14.7 Å². The number of carbonyl (C=O) groups excluding carboxylic acids is 1. The van der Waals surface area contributed by atoms with Gasteiger partial charge < -0.3 is 10.4 Å². The van der Waals surface area contributed by atoms with E-state index in [1.807, 2.05) is 30.3 Å². The van der Waals surface area contributed by atoms with Gasteiger partial charge in [-0.05, 0) is 46.5 Å². The summed E-state index contributed by atoms with van der Waals surface area (Å²) in [6.07, 6.45) is 0.962. The Morgan fingerprint density at radius 1 is 1.19 bits per heavy atom. The van der Waals surface area contributed by atoms with E-state index in [0.717, 1.165) is 9.35 Å². The topological polar surface area (TPSA) is 66.4 Å². The summed E-state index contributed by atoms with van der Waals surface area (Å²) in [6, 6.07) is 12.2. The minimum Gasteiger partial charge on any atom is -0.480 e. The highest BCUT2D eigenvalue weighted by atomic mass is 79.9.